The van der Waals surface area contributed by atoms with Gasteiger partial charge in [0.25, 0.3) is 0 Å². The highest BCUT2D eigenvalue weighted by Gasteiger charge is 2.08. The lowest BCUT2D eigenvalue weighted by atomic mass is 10.1. The second-order valence-corrected chi connectivity index (χ2v) is 5.50. The first-order chi connectivity index (χ1) is 9.72. The molecule has 1 aromatic carbocycles. The van der Waals surface area contributed by atoms with Crippen LogP contribution in [-0.4, -0.2) is 23.4 Å². The highest BCUT2D eigenvalue weighted by atomic mass is 79.9. The SMILES string of the molecule is CCC(NC)c1cnn(CCOc2ccc(Br)cc2)c1. The van der Waals surface area contributed by atoms with Crippen molar-refractivity contribution in [3.05, 3.63) is 46.7 Å². The topological polar surface area (TPSA) is 39.1 Å². The maximum atomic E-state index is 5.69. The fraction of sp³-hybridized carbons (Fsp3) is 0.400. The minimum atomic E-state index is 0.371. The van der Waals surface area contributed by atoms with E-state index >= 15 is 0 Å². The lowest BCUT2D eigenvalue weighted by Crippen LogP contribution is -2.14. The minimum absolute atomic E-state index is 0.371. The van der Waals surface area contributed by atoms with Crippen LogP contribution >= 0.6 is 15.9 Å². The number of nitrogens with one attached hydrogen (secondary N) is 1. The summed E-state index contributed by atoms with van der Waals surface area (Å²) in [5.41, 5.74) is 1.22. The van der Waals surface area contributed by atoms with Crippen molar-refractivity contribution in [3.8, 4) is 5.75 Å². The largest absolute Gasteiger partial charge is 0.492 e. The summed E-state index contributed by atoms with van der Waals surface area (Å²) in [6.45, 7) is 3.52. The molecule has 0 aliphatic carbocycles. The van der Waals surface area contributed by atoms with Gasteiger partial charge in [-0.3, -0.25) is 4.68 Å². The summed E-state index contributed by atoms with van der Waals surface area (Å²) in [4.78, 5) is 0. The maximum absolute atomic E-state index is 5.69. The predicted octanol–water partition coefficient (Wildman–Crippen LogP) is 3.40. The van der Waals surface area contributed by atoms with E-state index in [4.69, 9.17) is 4.74 Å². The Balaban J connectivity index is 1.84. The van der Waals surface area contributed by atoms with Gasteiger partial charge in [-0.1, -0.05) is 22.9 Å². The predicted molar refractivity (Wildman–Crippen MR) is 84.0 cm³/mol. The third kappa shape index (κ3) is 4.08. The third-order valence-electron chi connectivity index (χ3n) is 3.22. The average molecular weight is 338 g/mol. The summed E-state index contributed by atoms with van der Waals surface area (Å²) in [6.07, 6.45) is 5.05. The molecule has 1 aromatic heterocycles. The third-order valence-corrected chi connectivity index (χ3v) is 3.74. The van der Waals surface area contributed by atoms with Crippen molar-refractivity contribution in [2.45, 2.75) is 25.9 Å². The van der Waals surface area contributed by atoms with Crippen LogP contribution in [-0.2, 0) is 6.54 Å². The Bertz CT molecular complexity index is 520. The van der Waals surface area contributed by atoms with Gasteiger partial charge in [-0.05, 0) is 37.7 Å². The fourth-order valence-corrected chi connectivity index (χ4v) is 2.34. The van der Waals surface area contributed by atoms with Gasteiger partial charge in [0, 0.05) is 22.3 Å². The molecule has 0 spiro atoms. The van der Waals surface area contributed by atoms with Crippen molar-refractivity contribution >= 4 is 15.9 Å². The molecule has 0 fully saturated rings. The van der Waals surface area contributed by atoms with Crippen LogP contribution in [0.25, 0.3) is 0 Å². The van der Waals surface area contributed by atoms with Gasteiger partial charge in [0.1, 0.15) is 12.4 Å². The molecule has 1 unspecified atom stereocenters. The zero-order valence-corrected chi connectivity index (χ0v) is 13.4. The molecule has 1 atom stereocenters. The molecule has 2 rings (SSSR count). The number of hydrogen-bond acceptors (Lipinski definition) is 3. The van der Waals surface area contributed by atoms with Gasteiger partial charge in [0.05, 0.1) is 12.7 Å². The van der Waals surface area contributed by atoms with Crippen LogP contribution in [0.15, 0.2) is 41.1 Å². The van der Waals surface area contributed by atoms with Crippen LogP contribution in [0.3, 0.4) is 0 Å². The number of aromatic nitrogens is 2. The van der Waals surface area contributed by atoms with Gasteiger partial charge in [-0.25, -0.2) is 0 Å². The molecule has 0 saturated carbocycles. The Morgan fingerprint density at radius 2 is 2.10 bits per heavy atom. The number of halogens is 1. The first-order valence-electron chi connectivity index (χ1n) is 6.81. The van der Waals surface area contributed by atoms with Crippen LogP contribution in [0.2, 0.25) is 0 Å². The van der Waals surface area contributed by atoms with Gasteiger partial charge in [0.15, 0.2) is 0 Å². The van der Waals surface area contributed by atoms with E-state index in [0.717, 1.165) is 23.2 Å². The van der Waals surface area contributed by atoms with Crippen molar-refractivity contribution in [1.82, 2.24) is 15.1 Å². The lowest BCUT2D eigenvalue weighted by Gasteiger charge is -2.10. The molecule has 1 heterocycles. The summed E-state index contributed by atoms with van der Waals surface area (Å²) in [7, 11) is 1.97. The molecule has 0 bridgehead atoms. The molecule has 0 saturated heterocycles. The van der Waals surface area contributed by atoms with Gasteiger partial charge in [0.2, 0.25) is 0 Å². The van der Waals surface area contributed by atoms with Crippen molar-refractivity contribution < 1.29 is 4.74 Å². The van der Waals surface area contributed by atoms with Gasteiger partial charge < -0.3 is 10.1 Å². The molecule has 20 heavy (non-hydrogen) atoms. The lowest BCUT2D eigenvalue weighted by molar-refractivity contribution is 0.291. The van der Waals surface area contributed by atoms with Crippen molar-refractivity contribution in [1.29, 1.82) is 0 Å². The van der Waals surface area contributed by atoms with Crippen LogP contribution in [0.5, 0.6) is 5.75 Å². The van der Waals surface area contributed by atoms with E-state index in [1.165, 1.54) is 5.56 Å². The van der Waals surface area contributed by atoms with E-state index in [1.54, 1.807) is 0 Å². The molecule has 0 aliphatic rings. The highest BCUT2D eigenvalue weighted by Crippen LogP contribution is 2.17. The van der Waals surface area contributed by atoms with E-state index < -0.39 is 0 Å². The van der Waals surface area contributed by atoms with Gasteiger partial charge in [-0.2, -0.15) is 5.10 Å². The van der Waals surface area contributed by atoms with Crippen LogP contribution in [0.4, 0.5) is 0 Å². The maximum Gasteiger partial charge on any atom is 0.119 e. The van der Waals surface area contributed by atoms with E-state index in [0.29, 0.717) is 12.6 Å². The molecular formula is C15H20BrN3O. The summed E-state index contributed by atoms with van der Waals surface area (Å²) >= 11 is 3.40. The summed E-state index contributed by atoms with van der Waals surface area (Å²) in [6, 6.07) is 8.22. The molecule has 4 nitrogen and oxygen atoms in total. The number of hydrogen-bond donors (Lipinski definition) is 1. The number of nitrogens with zero attached hydrogens (tertiary/aromatic N) is 2. The first-order valence-corrected chi connectivity index (χ1v) is 7.60. The monoisotopic (exact) mass is 337 g/mol. The molecule has 5 heteroatoms. The molecule has 0 amide bonds. The van der Waals surface area contributed by atoms with Crippen molar-refractivity contribution in [3.63, 3.8) is 0 Å². The van der Waals surface area contributed by atoms with E-state index in [1.807, 2.05) is 42.2 Å². The smallest absolute Gasteiger partial charge is 0.119 e. The minimum Gasteiger partial charge on any atom is -0.492 e. The molecule has 0 radical (unpaired) electrons. The quantitative estimate of drug-likeness (QED) is 0.841. The molecule has 0 aliphatic heterocycles. The second-order valence-electron chi connectivity index (χ2n) is 4.59. The standard InChI is InChI=1S/C15H20BrN3O/c1-3-15(17-2)12-10-18-19(11-12)8-9-20-14-6-4-13(16)5-7-14/h4-7,10-11,15,17H,3,8-9H2,1-2H3. The van der Waals surface area contributed by atoms with Gasteiger partial charge in [-0.15, -0.1) is 0 Å². The number of rotatable bonds is 7. The Kier molecular flexibility index (Phi) is 5.61. The van der Waals surface area contributed by atoms with Crippen LogP contribution in [0, 0.1) is 0 Å². The Labute approximate surface area is 128 Å². The van der Waals surface area contributed by atoms with E-state index in [-0.39, 0.29) is 0 Å². The summed E-state index contributed by atoms with van der Waals surface area (Å²) < 4.78 is 8.67. The molecule has 2 aromatic rings. The normalized spacial score (nSPS) is 12.3. The molecule has 108 valence electrons. The van der Waals surface area contributed by atoms with Crippen LogP contribution < -0.4 is 10.1 Å². The fourth-order valence-electron chi connectivity index (χ4n) is 2.08. The Hall–Kier alpha value is -1.33. The Morgan fingerprint density at radius 1 is 1.35 bits per heavy atom. The van der Waals surface area contributed by atoms with E-state index in [9.17, 15) is 0 Å². The number of ether oxygens (including phenoxy) is 1. The van der Waals surface area contributed by atoms with Crippen molar-refractivity contribution in [2.24, 2.45) is 0 Å². The summed E-state index contributed by atoms with van der Waals surface area (Å²) in [5, 5.41) is 7.65. The molecule has 1 N–H and O–H groups in total. The number of benzene rings is 1. The summed E-state index contributed by atoms with van der Waals surface area (Å²) in [5.74, 6) is 0.877. The van der Waals surface area contributed by atoms with Crippen LogP contribution in [0.1, 0.15) is 24.9 Å². The molecular weight excluding hydrogens is 318 g/mol. The van der Waals surface area contributed by atoms with Crippen molar-refractivity contribution in [2.75, 3.05) is 13.7 Å². The van der Waals surface area contributed by atoms with E-state index in [2.05, 4.69) is 39.5 Å². The zero-order chi connectivity index (χ0) is 14.4. The first kappa shape index (κ1) is 15.1. The average Bonchev–Trinajstić information content (AvgIpc) is 2.91. The zero-order valence-electron chi connectivity index (χ0n) is 11.8. The second kappa shape index (κ2) is 7.45. The van der Waals surface area contributed by atoms with Gasteiger partial charge >= 0.3 is 0 Å². The Morgan fingerprint density at radius 3 is 2.75 bits per heavy atom. The highest BCUT2D eigenvalue weighted by molar-refractivity contribution is 9.10.